The Hall–Kier alpha value is -2.02. The molecule has 1 saturated heterocycles. The molecule has 1 aliphatic rings. The first-order chi connectivity index (χ1) is 8.58. The Morgan fingerprint density at radius 3 is 2.56 bits per heavy atom. The fourth-order valence-electron chi connectivity index (χ4n) is 1.72. The van der Waals surface area contributed by atoms with Crippen molar-refractivity contribution < 1.29 is 19.4 Å². The fourth-order valence-corrected chi connectivity index (χ4v) is 1.72. The quantitative estimate of drug-likeness (QED) is 0.789. The van der Waals surface area contributed by atoms with Crippen LogP contribution in [0.5, 0.6) is 0 Å². The molecule has 0 aliphatic carbocycles. The Morgan fingerprint density at radius 1 is 1.39 bits per heavy atom. The van der Waals surface area contributed by atoms with Crippen molar-refractivity contribution in [1.29, 1.82) is 0 Å². The van der Waals surface area contributed by atoms with Crippen molar-refractivity contribution in [3.63, 3.8) is 0 Å². The molecule has 18 heavy (non-hydrogen) atoms. The molecule has 0 radical (unpaired) electrons. The predicted molar refractivity (Wildman–Crippen MR) is 60.3 cm³/mol. The first-order valence-electron chi connectivity index (χ1n) is 5.55. The van der Waals surface area contributed by atoms with E-state index < -0.39 is 5.97 Å². The second kappa shape index (κ2) is 5.09. The molecule has 2 rings (SSSR count). The zero-order valence-electron chi connectivity index (χ0n) is 9.79. The highest BCUT2D eigenvalue weighted by molar-refractivity contribution is 5.92. The van der Waals surface area contributed by atoms with Crippen LogP contribution in [-0.4, -0.2) is 45.7 Å². The number of hydrogen-bond donors (Lipinski definition) is 2. The van der Waals surface area contributed by atoms with E-state index in [1.54, 1.807) is 0 Å². The van der Waals surface area contributed by atoms with Gasteiger partial charge in [0, 0.05) is 6.61 Å². The number of carboxylic acids is 1. The Balaban J connectivity index is 2.02. The molecular formula is C11H13N3O4. The van der Waals surface area contributed by atoms with Gasteiger partial charge in [-0.2, -0.15) is 0 Å². The van der Waals surface area contributed by atoms with E-state index in [-0.39, 0.29) is 29.4 Å². The van der Waals surface area contributed by atoms with Crippen molar-refractivity contribution >= 4 is 11.9 Å². The number of amides is 1. The van der Waals surface area contributed by atoms with Crippen LogP contribution in [-0.2, 0) is 4.74 Å². The molecule has 7 nitrogen and oxygen atoms in total. The predicted octanol–water partition coefficient (Wildman–Crippen LogP) is 0.0820. The van der Waals surface area contributed by atoms with Gasteiger partial charge in [-0.1, -0.05) is 0 Å². The van der Waals surface area contributed by atoms with Crippen molar-refractivity contribution in [2.45, 2.75) is 25.5 Å². The second-order valence-electron chi connectivity index (χ2n) is 4.04. The van der Waals surface area contributed by atoms with Gasteiger partial charge in [0.15, 0.2) is 5.69 Å². The summed E-state index contributed by atoms with van der Waals surface area (Å²) >= 11 is 0. The van der Waals surface area contributed by atoms with Gasteiger partial charge in [0.25, 0.3) is 5.91 Å². The highest BCUT2D eigenvalue weighted by atomic mass is 16.5. The van der Waals surface area contributed by atoms with Gasteiger partial charge in [-0.25, -0.2) is 14.8 Å². The van der Waals surface area contributed by atoms with E-state index >= 15 is 0 Å². The number of hydrogen-bond acceptors (Lipinski definition) is 5. The first-order valence-corrected chi connectivity index (χ1v) is 5.55. The lowest BCUT2D eigenvalue weighted by molar-refractivity contribution is 0.0688. The number of carbonyl (C=O) groups is 2. The average Bonchev–Trinajstić information content (AvgIpc) is 2.75. The molecule has 0 aromatic carbocycles. The average molecular weight is 251 g/mol. The highest BCUT2D eigenvalue weighted by Crippen LogP contribution is 2.12. The van der Waals surface area contributed by atoms with Crippen LogP contribution in [0.2, 0.25) is 0 Å². The molecule has 2 unspecified atom stereocenters. The molecule has 96 valence electrons. The van der Waals surface area contributed by atoms with Crippen LogP contribution in [0.25, 0.3) is 0 Å². The lowest BCUT2D eigenvalue weighted by Gasteiger charge is -2.15. The molecule has 1 fully saturated rings. The summed E-state index contributed by atoms with van der Waals surface area (Å²) in [7, 11) is 0. The van der Waals surface area contributed by atoms with E-state index in [0.29, 0.717) is 6.61 Å². The number of carboxylic acid groups (broad SMARTS) is 1. The maximum Gasteiger partial charge on any atom is 0.356 e. The molecular weight excluding hydrogens is 238 g/mol. The van der Waals surface area contributed by atoms with Gasteiger partial charge < -0.3 is 15.2 Å². The minimum atomic E-state index is -1.17. The molecule has 0 saturated carbocycles. The number of ether oxygens (including phenoxy) is 1. The Bertz CT molecular complexity index is 460. The van der Waals surface area contributed by atoms with Gasteiger partial charge in [-0.15, -0.1) is 0 Å². The second-order valence-corrected chi connectivity index (χ2v) is 4.04. The summed E-state index contributed by atoms with van der Waals surface area (Å²) in [6.45, 7) is 2.51. The van der Waals surface area contributed by atoms with Gasteiger partial charge in [0.2, 0.25) is 0 Å². The number of carbonyl (C=O) groups excluding carboxylic acids is 1. The SMILES string of the molecule is CC1OCCC1NC(=O)c1cnc(C(=O)O)cn1. The van der Waals surface area contributed by atoms with Gasteiger partial charge in [-0.3, -0.25) is 4.79 Å². The summed E-state index contributed by atoms with van der Waals surface area (Å²) in [5.41, 5.74) is -0.0942. The minimum Gasteiger partial charge on any atom is -0.476 e. The third kappa shape index (κ3) is 2.62. The summed E-state index contributed by atoms with van der Waals surface area (Å²) in [5.74, 6) is -1.55. The van der Waals surface area contributed by atoms with E-state index in [4.69, 9.17) is 9.84 Å². The van der Waals surface area contributed by atoms with Gasteiger partial charge >= 0.3 is 5.97 Å². The van der Waals surface area contributed by atoms with Crippen LogP contribution in [0.4, 0.5) is 0 Å². The third-order valence-corrected chi connectivity index (χ3v) is 2.80. The van der Waals surface area contributed by atoms with Gasteiger partial charge in [0.05, 0.1) is 24.5 Å². The molecule has 0 spiro atoms. The molecule has 1 amide bonds. The summed E-state index contributed by atoms with van der Waals surface area (Å²) in [6.07, 6.45) is 2.94. The van der Waals surface area contributed by atoms with E-state index in [1.807, 2.05) is 6.92 Å². The molecule has 1 aromatic heterocycles. The van der Waals surface area contributed by atoms with Crippen molar-refractivity contribution in [3.05, 3.63) is 23.8 Å². The first kappa shape index (κ1) is 12.4. The monoisotopic (exact) mass is 251 g/mol. The maximum atomic E-state index is 11.8. The minimum absolute atomic E-state index is 0.0276. The number of nitrogens with one attached hydrogen (secondary N) is 1. The van der Waals surface area contributed by atoms with Crippen LogP contribution in [0.15, 0.2) is 12.4 Å². The van der Waals surface area contributed by atoms with E-state index in [2.05, 4.69) is 15.3 Å². The number of rotatable bonds is 3. The summed E-state index contributed by atoms with van der Waals surface area (Å²) in [5, 5.41) is 11.4. The van der Waals surface area contributed by atoms with E-state index in [0.717, 1.165) is 18.8 Å². The Labute approximate surface area is 103 Å². The van der Waals surface area contributed by atoms with E-state index in [1.165, 1.54) is 0 Å². The molecule has 0 bridgehead atoms. The smallest absolute Gasteiger partial charge is 0.356 e. The molecule has 1 aromatic rings. The molecule has 2 atom stereocenters. The van der Waals surface area contributed by atoms with Crippen molar-refractivity contribution in [2.24, 2.45) is 0 Å². The molecule has 7 heteroatoms. The van der Waals surface area contributed by atoms with Crippen molar-refractivity contribution in [3.8, 4) is 0 Å². The standard InChI is InChI=1S/C11H13N3O4/c1-6-7(2-3-18-6)14-10(15)8-4-13-9(5-12-8)11(16)17/h4-7H,2-3H2,1H3,(H,14,15)(H,16,17). The van der Waals surface area contributed by atoms with E-state index in [9.17, 15) is 9.59 Å². The van der Waals surface area contributed by atoms with Crippen LogP contribution >= 0.6 is 0 Å². The van der Waals surface area contributed by atoms with Crippen LogP contribution in [0.3, 0.4) is 0 Å². The summed E-state index contributed by atoms with van der Waals surface area (Å²) < 4.78 is 5.32. The Kier molecular flexibility index (Phi) is 3.52. The lowest BCUT2D eigenvalue weighted by atomic mass is 10.1. The number of aromatic nitrogens is 2. The van der Waals surface area contributed by atoms with Gasteiger partial charge in [0.1, 0.15) is 5.69 Å². The Morgan fingerprint density at radius 2 is 2.06 bits per heavy atom. The topological polar surface area (TPSA) is 101 Å². The lowest BCUT2D eigenvalue weighted by Crippen LogP contribution is -2.39. The third-order valence-electron chi connectivity index (χ3n) is 2.80. The normalized spacial score (nSPS) is 22.7. The summed E-state index contributed by atoms with van der Waals surface area (Å²) in [6, 6.07) is -0.0431. The molecule has 2 heterocycles. The zero-order valence-corrected chi connectivity index (χ0v) is 9.79. The zero-order chi connectivity index (χ0) is 13.1. The molecule has 2 N–H and O–H groups in total. The largest absolute Gasteiger partial charge is 0.476 e. The maximum absolute atomic E-state index is 11.8. The van der Waals surface area contributed by atoms with Crippen molar-refractivity contribution in [1.82, 2.24) is 15.3 Å². The number of nitrogens with zero attached hydrogens (tertiary/aromatic N) is 2. The summed E-state index contributed by atoms with van der Waals surface area (Å²) in [4.78, 5) is 29.8. The number of aromatic carboxylic acids is 1. The van der Waals surface area contributed by atoms with Crippen LogP contribution in [0.1, 0.15) is 34.3 Å². The fraction of sp³-hybridized carbons (Fsp3) is 0.455. The van der Waals surface area contributed by atoms with Crippen molar-refractivity contribution in [2.75, 3.05) is 6.61 Å². The van der Waals surface area contributed by atoms with Gasteiger partial charge in [-0.05, 0) is 13.3 Å². The van der Waals surface area contributed by atoms with Crippen LogP contribution in [0, 0.1) is 0 Å². The molecule has 1 aliphatic heterocycles. The highest BCUT2D eigenvalue weighted by Gasteiger charge is 2.26. The van der Waals surface area contributed by atoms with Crippen LogP contribution < -0.4 is 5.32 Å².